The van der Waals surface area contributed by atoms with Crippen LogP contribution in [0.4, 0.5) is 4.39 Å². The van der Waals surface area contributed by atoms with Crippen molar-refractivity contribution in [1.82, 2.24) is 14.5 Å². The molecule has 2 aromatic rings. The maximum Gasteiger partial charge on any atom is 0.226 e. The van der Waals surface area contributed by atoms with Crippen molar-refractivity contribution >= 4 is 34.1 Å². The van der Waals surface area contributed by atoms with Crippen molar-refractivity contribution in [2.45, 2.75) is 62.4 Å². The van der Waals surface area contributed by atoms with E-state index in [4.69, 9.17) is 12.2 Å². The van der Waals surface area contributed by atoms with Crippen LogP contribution in [-0.4, -0.2) is 21.1 Å². The van der Waals surface area contributed by atoms with Gasteiger partial charge in [0.05, 0.1) is 6.42 Å². The Labute approximate surface area is 177 Å². The van der Waals surface area contributed by atoms with E-state index in [0.717, 1.165) is 45.5 Å². The summed E-state index contributed by atoms with van der Waals surface area (Å²) in [6.45, 7) is 0.692. The van der Waals surface area contributed by atoms with Gasteiger partial charge < -0.3 is 14.5 Å². The molecule has 2 atom stereocenters. The predicted octanol–water partition coefficient (Wildman–Crippen LogP) is 4.50. The number of hydrogen-bond donors (Lipinski definition) is 1. The predicted molar refractivity (Wildman–Crippen MR) is 111 cm³/mol. The van der Waals surface area contributed by atoms with Crippen LogP contribution in [0.3, 0.4) is 0 Å². The van der Waals surface area contributed by atoms with Gasteiger partial charge in [-0.2, -0.15) is 0 Å². The normalized spacial score (nSPS) is 25.6. The molecule has 0 radical (unpaired) electrons. The molecule has 0 spiro atoms. The molecular formula is C21H23BrFN3OS. The molecule has 1 unspecified atom stereocenters. The van der Waals surface area contributed by atoms with Crippen LogP contribution in [0.5, 0.6) is 0 Å². The summed E-state index contributed by atoms with van der Waals surface area (Å²) < 4.78 is 20.3. The lowest BCUT2D eigenvalue weighted by atomic mass is 9.93. The van der Waals surface area contributed by atoms with Gasteiger partial charge in [0.15, 0.2) is 4.77 Å². The molecule has 4 nitrogen and oxygen atoms in total. The molecule has 3 aliphatic rings. The number of carbonyl (C=O) groups excluding carboxylic acids is 1. The van der Waals surface area contributed by atoms with Crippen molar-refractivity contribution in [3.05, 3.63) is 50.2 Å². The molecule has 2 heterocycles. The zero-order valence-electron chi connectivity index (χ0n) is 15.8. The average molecular weight is 464 g/mol. The number of imidazole rings is 1. The summed E-state index contributed by atoms with van der Waals surface area (Å²) in [6, 6.07) is 5.48. The third-order valence-corrected chi connectivity index (χ3v) is 7.86. The smallest absolute Gasteiger partial charge is 0.226 e. The molecule has 148 valence electrons. The van der Waals surface area contributed by atoms with Crippen molar-refractivity contribution in [1.29, 1.82) is 0 Å². The Hall–Kier alpha value is -1.47. The summed E-state index contributed by atoms with van der Waals surface area (Å²) in [4.78, 5) is 12.7. The van der Waals surface area contributed by atoms with Gasteiger partial charge >= 0.3 is 0 Å². The summed E-state index contributed by atoms with van der Waals surface area (Å²) in [6.07, 6.45) is 5.79. The van der Waals surface area contributed by atoms with Crippen LogP contribution in [0.1, 0.15) is 55.0 Å². The maximum absolute atomic E-state index is 14.6. The number of halogens is 2. The molecule has 1 aromatic heterocycles. The first kappa shape index (κ1) is 18.6. The number of amides is 1. The molecule has 5 rings (SSSR count). The van der Waals surface area contributed by atoms with Gasteiger partial charge in [0.2, 0.25) is 5.91 Å². The van der Waals surface area contributed by atoms with Crippen LogP contribution in [0.25, 0.3) is 0 Å². The molecule has 2 aliphatic carbocycles. The fourth-order valence-corrected chi connectivity index (χ4v) is 6.00. The minimum Gasteiger partial charge on any atom is -0.353 e. The standard InChI is InChI=1S/C21H23BrFN3OS/c1-25-17(9-18(27)24-13-4-2-3-5-13)19-15-10-21(15,11-26(19)20(25)28)14-8-12(22)6-7-16(14)23/h6-8,13,15H,2-5,9-11H2,1H3,(H,24,27)/t15?,21-/m1/s1. The first-order valence-electron chi connectivity index (χ1n) is 9.94. The van der Waals surface area contributed by atoms with E-state index in [1.54, 1.807) is 6.07 Å². The Morgan fingerprint density at radius 3 is 2.89 bits per heavy atom. The zero-order valence-corrected chi connectivity index (χ0v) is 18.2. The van der Waals surface area contributed by atoms with E-state index in [1.807, 2.05) is 17.7 Å². The van der Waals surface area contributed by atoms with Crippen LogP contribution < -0.4 is 5.32 Å². The molecule has 1 aliphatic heterocycles. The van der Waals surface area contributed by atoms with E-state index in [2.05, 4.69) is 25.8 Å². The van der Waals surface area contributed by atoms with Crippen molar-refractivity contribution in [2.75, 3.05) is 0 Å². The Morgan fingerprint density at radius 1 is 1.39 bits per heavy atom. The van der Waals surface area contributed by atoms with Gasteiger partial charge in [0.1, 0.15) is 5.82 Å². The van der Waals surface area contributed by atoms with Crippen molar-refractivity contribution < 1.29 is 9.18 Å². The van der Waals surface area contributed by atoms with Crippen molar-refractivity contribution in [2.24, 2.45) is 7.05 Å². The van der Waals surface area contributed by atoms with E-state index in [1.165, 1.54) is 18.9 Å². The highest BCUT2D eigenvalue weighted by atomic mass is 79.9. The molecule has 2 saturated carbocycles. The Morgan fingerprint density at radius 2 is 2.14 bits per heavy atom. The molecule has 1 amide bonds. The van der Waals surface area contributed by atoms with E-state index in [-0.39, 0.29) is 23.1 Å². The SMILES string of the molecule is Cn1c(CC(=O)NC2CCCC2)c2n(c1=S)C[C@@]1(c3cc(Br)ccc3F)CC21. The number of rotatable bonds is 4. The minimum absolute atomic E-state index is 0.0673. The molecule has 0 bridgehead atoms. The highest BCUT2D eigenvalue weighted by Crippen LogP contribution is 2.66. The molecule has 28 heavy (non-hydrogen) atoms. The minimum atomic E-state index is -0.221. The van der Waals surface area contributed by atoms with Gasteiger partial charge in [-0.1, -0.05) is 28.8 Å². The molecular weight excluding hydrogens is 441 g/mol. The van der Waals surface area contributed by atoms with Gasteiger partial charge in [0, 0.05) is 46.8 Å². The Kier molecular flexibility index (Phi) is 4.32. The third kappa shape index (κ3) is 2.73. The fraction of sp³-hybridized carbons (Fsp3) is 0.524. The van der Waals surface area contributed by atoms with Crippen molar-refractivity contribution in [3.8, 4) is 0 Å². The van der Waals surface area contributed by atoms with Gasteiger partial charge in [-0.3, -0.25) is 4.79 Å². The highest BCUT2D eigenvalue weighted by Gasteiger charge is 2.63. The quantitative estimate of drug-likeness (QED) is 0.677. The first-order valence-corrected chi connectivity index (χ1v) is 11.1. The molecule has 1 N–H and O–H groups in total. The van der Waals surface area contributed by atoms with E-state index in [9.17, 15) is 9.18 Å². The van der Waals surface area contributed by atoms with Crippen LogP contribution in [-0.2, 0) is 30.2 Å². The van der Waals surface area contributed by atoms with Gasteiger partial charge in [-0.15, -0.1) is 0 Å². The Balaban J connectivity index is 1.46. The van der Waals surface area contributed by atoms with Crippen LogP contribution in [0.15, 0.2) is 22.7 Å². The number of carbonyl (C=O) groups is 1. The molecule has 0 saturated heterocycles. The largest absolute Gasteiger partial charge is 0.353 e. The van der Waals surface area contributed by atoms with Crippen molar-refractivity contribution in [3.63, 3.8) is 0 Å². The number of fused-ring (bicyclic) bond motifs is 3. The van der Waals surface area contributed by atoms with E-state index < -0.39 is 0 Å². The first-order chi connectivity index (χ1) is 13.4. The topological polar surface area (TPSA) is 39.0 Å². The fourth-order valence-electron chi connectivity index (χ4n) is 5.36. The monoisotopic (exact) mass is 463 g/mol. The van der Waals surface area contributed by atoms with Crippen LogP contribution >= 0.6 is 28.1 Å². The second-order valence-electron chi connectivity index (χ2n) is 8.52. The highest BCUT2D eigenvalue weighted by molar-refractivity contribution is 9.10. The maximum atomic E-state index is 14.6. The number of aromatic nitrogens is 2. The zero-order chi connectivity index (χ0) is 19.6. The summed E-state index contributed by atoms with van der Waals surface area (Å²) >= 11 is 9.14. The lowest BCUT2D eigenvalue weighted by Gasteiger charge is -2.15. The third-order valence-electron chi connectivity index (χ3n) is 6.87. The summed E-state index contributed by atoms with van der Waals surface area (Å²) in [7, 11) is 1.94. The summed E-state index contributed by atoms with van der Waals surface area (Å²) in [5.41, 5.74) is 2.66. The van der Waals surface area contributed by atoms with Crippen LogP contribution in [0.2, 0.25) is 0 Å². The van der Waals surface area contributed by atoms with E-state index >= 15 is 0 Å². The molecule has 1 aromatic carbocycles. The summed E-state index contributed by atoms with van der Waals surface area (Å²) in [5.74, 6) is 0.137. The second-order valence-corrected chi connectivity index (χ2v) is 9.80. The van der Waals surface area contributed by atoms with E-state index in [0.29, 0.717) is 19.0 Å². The number of benzene rings is 1. The molecule has 2 fully saturated rings. The molecule has 7 heteroatoms. The lowest BCUT2D eigenvalue weighted by Crippen LogP contribution is -2.34. The second kappa shape index (κ2) is 6.52. The van der Waals surface area contributed by atoms with Gasteiger partial charge in [-0.05, 0) is 55.2 Å². The number of nitrogens with one attached hydrogen (secondary N) is 1. The summed E-state index contributed by atoms with van der Waals surface area (Å²) in [5, 5.41) is 3.18. The van der Waals surface area contributed by atoms with Crippen LogP contribution in [0, 0.1) is 10.6 Å². The number of hydrogen-bond acceptors (Lipinski definition) is 2. The average Bonchev–Trinajstić information content (AvgIpc) is 2.95. The Bertz CT molecular complexity index is 1040. The van der Waals surface area contributed by atoms with Gasteiger partial charge in [0.25, 0.3) is 0 Å². The number of nitrogens with zero attached hydrogens (tertiary/aromatic N) is 2. The lowest BCUT2D eigenvalue weighted by molar-refractivity contribution is -0.121. The van der Waals surface area contributed by atoms with Gasteiger partial charge in [-0.25, -0.2) is 4.39 Å².